The lowest BCUT2D eigenvalue weighted by Gasteiger charge is -2.38. The zero-order valence-electron chi connectivity index (χ0n) is 12.4. The highest BCUT2D eigenvalue weighted by molar-refractivity contribution is 5.29. The minimum Gasteiger partial charge on any atom is -0.166 e. The third-order valence-corrected chi connectivity index (χ3v) is 4.66. The number of rotatable bonds is 2. The molecule has 20 heavy (non-hydrogen) atoms. The van der Waals surface area contributed by atoms with E-state index in [1.165, 1.54) is 18.6 Å². The Kier molecular flexibility index (Phi) is 4.46. The Balaban J connectivity index is 2.32. The van der Waals surface area contributed by atoms with Crippen molar-refractivity contribution in [2.24, 2.45) is 17.8 Å². The summed E-state index contributed by atoms with van der Waals surface area (Å²) in [7, 11) is 0. The van der Waals surface area contributed by atoms with Crippen molar-refractivity contribution in [1.29, 1.82) is 0 Å². The lowest BCUT2D eigenvalue weighted by atomic mass is 9.67. The number of benzene rings is 1. The fourth-order valence-electron chi connectivity index (χ4n) is 3.53. The van der Waals surface area contributed by atoms with Gasteiger partial charge in [-0.1, -0.05) is 45.4 Å². The predicted octanol–water partition coefficient (Wildman–Crippen LogP) is 5.88. The van der Waals surface area contributed by atoms with Gasteiger partial charge in [-0.25, -0.2) is 0 Å². The summed E-state index contributed by atoms with van der Waals surface area (Å²) in [6, 6.07) is 5.94. The Morgan fingerprint density at radius 1 is 1.15 bits per heavy atom. The van der Waals surface area contributed by atoms with Crippen molar-refractivity contribution in [2.75, 3.05) is 0 Å². The summed E-state index contributed by atoms with van der Waals surface area (Å²) in [5, 5.41) is 0. The van der Waals surface area contributed by atoms with E-state index in [9.17, 15) is 13.2 Å². The van der Waals surface area contributed by atoms with Gasteiger partial charge in [0.15, 0.2) is 0 Å². The van der Waals surface area contributed by atoms with Crippen molar-refractivity contribution < 1.29 is 13.2 Å². The fourth-order valence-corrected chi connectivity index (χ4v) is 3.53. The van der Waals surface area contributed by atoms with Crippen molar-refractivity contribution in [2.45, 2.75) is 52.1 Å². The van der Waals surface area contributed by atoms with Crippen LogP contribution in [0.4, 0.5) is 13.2 Å². The van der Waals surface area contributed by atoms with Crippen molar-refractivity contribution in [3.05, 3.63) is 35.4 Å². The summed E-state index contributed by atoms with van der Waals surface area (Å²) < 4.78 is 38.6. The summed E-state index contributed by atoms with van der Waals surface area (Å²) in [5.41, 5.74) is 0.348. The molecule has 1 aromatic carbocycles. The van der Waals surface area contributed by atoms with E-state index in [0.29, 0.717) is 17.8 Å². The van der Waals surface area contributed by atoms with E-state index in [4.69, 9.17) is 0 Å². The smallest absolute Gasteiger partial charge is 0.166 e. The van der Waals surface area contributed by atoms with Crippen LogP contribution in [-0.4, -0.2) is 0 Å². The predicted molar refractivity (Wildman–Crippen MR) is 75.5 cm³/mol. The molecule has 1 aliphatic rings. The van der Waals surface area contributed by atoms with Gasteiger partial charge >= 0.3 is 6.18 Å². The van der Waals surface area contributed by atoms with Gasteiger partial charge in [-0.05, 0) is 48.1 Å². The van der Waals surface area contributed by atoms with Crippen molar-refractivity contribution in [3.63, 3.8) is 0 Å². The highest BCUT2D eigenvalue weighted by atomic mass is 19.4. The summed E-state index contributed by atoms with van der Waals surface area (Å²) in [5.74, 6) is 1.88. The molecule has 0 spiro atoms. The van der Waals surface area contributed by atoms with Crippen molar-refractivity contribution in [3.8, 4) is 0 Å². The molecule has 3 heteroatoms. The molecule has 1 fully saturated rings. The molecule has 0 N–H and O–H groups in total. The van der Waals surface area contributed by atoms with Gasteiger partial charge < -0.3 is 0 Å². The van der Waals surface area contributed by atoms with Gasteiger partial charge in [0, 0.05) is 0 Å². The number of hydrogen-bond acceptors (Lipinski definition) is 0. The van der Waals surface area contributed by atoms with Crippen LogP contribution in [0.5, 0.6) is 0 Å². The van der Waals surface area contributed by atoms with E-state index in [-0.39, 0.29) is 5.92 Å². The van der Waals surface area contributed by atoms with Crippen LogP contribution in [0.2, 0.25) is 0 Å². The van der Waals surface area contributed by atoms with E-state index in [2.05, 4.69) is 20.8 Å². The molecular formula is C17H23F3. The first-order chi connectivity index (χ1) is 9.29. The lowest BCUT2D eigenvalue weighted by molar-refractivity contribution is -0.137. The molecule has 0 heterocycles. The van der Waals surface area contributed by atoms with Crippen LogP contribution >= 0.6 is 0 Å². The maximum Gasteiger partial charge on any atom is 0.416 e. The summed E-state index contributed by atoms with van der Waals surface area (Å²) in [6.07, 6.45) is -0.925. The molecule has 1 aromatic rings. The molecule has 0 radical (unpaired) electrons. The first-order valence-electron chi connectivity index (χ1n) is 7.46. The molecule has 112 valence electrons. The summed E-state index contributed by atoms with van der Waals surface area (Å²) >= 11 is 0. The lowest BCUT2D eigenvalue weighted by Crippen LogP contribution is -2.26. The molecule has 0 aromatic heterocycles. The quantitative estimate of drug-likeness (QED) is 0.636. The van der Waals surface area contributed by atoms with Crippen LogP contribution in [0.25, 0.3) is 0 Å². The molecule has 1 saturated carbocycles. The molecule has 0 bridgehead atoms. The molecule has 3 atom stereocenters. The molecule has 0 amide bonds. The van der Waals surface area contributed by atoms with Gasteiger partial charge in [-0.3, -0.25) is 0 Å². The van der Waals surface area contributed by atoms with Crippen LogP contribution in [0.1, 0.15) is 57.1 Å². The second kappa shape index (κ2) is 5.79. The van der Waals surface area contributed by atoms with Crippen molar-refractivity contribution >= 4 is 0 Å². The molecule has 1 aliphatic carbocycles. The minimum atomic E-state index is -4.25. The van der Waals surface area contributed by atoms with Gasteiger partial charge in [-0.2, -0.15) is 13.2 Å². The molecule has 0 nitrogen and oxygen atoms in total. The second-order valence-electron chi connectivity index (χ2n) is 6.56. The molecule has 2 rings (SSSR count). The van der Waals surface area contributed by atoms with Crippen LogP contribution in [0.15, 0.2) is 24.3 Å². The maximum atomic E-state index is 12.9. The second-order valence-corrected chi connectivity index (χ2v) is 6.56. The maximum absolute atomic E-state index is 12.9. The van der Waals surface area contributed by atoms with Crippen LogP contribution in [0, 0.1) is 17.8 Å². The molecule has 0 saturated heterocycles. The number of alkyl halides is 3. The van der Waals surface area contributed by atoms with Crippen LogP contribution in [-0.2, 0) is 6.18 Å². The zero-order chi connectivity index (χ0) is 14.9. The largest absolute Gasteiger partial charge is 0.416 e. The Labute approximate surface area is 119 Å². The van der Waals surface area contributed by atoms with Gasteiger partial charge in [0.2, 0.25) is 0 Å². The standard InChI is InChI=1S/C17H23F3/c1-11(2)15-8-7-12(3)9-16(15)13-5-4-6-14(10-13)17(18,19)20/h4-6,10-12,15-16H,7-9H2,1-3H3/t12-,15+,16+/m1/s1. The Morgan fingerprint density at radius 2 is 1.85 bits per heavy atom. The molecular weight excluding hydrogens is 261 g/mol. The highest BCUT2D eigenvalue weighted by Gasteiger charge is 2.34. The van der Waals surface area contributed by atoms with Gasteiger partial charge in [0.25, 0.3) is 0 Å². The number of halogens is 3. The van der Waals surface area contributed by atoms with E-state index >= 15 is 0 Å². The Hall–Kier alpha value is -0.990. The average molecular weight is 284 g/mol. The first kappa shape index (κ1) is 15.4. The third-order valence-electron chi connectivity index (χ3n) is 4.66. The summed E-state index contributed by atoms with van der Waals surface area (Å²) in [4.78, 5) is 0. The van der Waals surface area contributed by atoms with Gasteiger partial charge in [0.1, 0.15) is 0 Å². The van der Waals surface area contributed by atoms with Gasteiger partial charge in [-0.15, -0.1) is 0 Å². The minimum absolute atomic E-state index is 0.265. The van der Waals surface area contributed by atoms with E-state index in [0.717, 1.165) is 18.4 Å². The fraction of sp³-hybridized carbons (Fsp3) is 0.647. The first-order valence-corrected chi connectivity index (χ1v) is 7.46. The van der Waals surface area contributed by atoms with Crippen molar-refractivity contribution in [1.82, 2.24) is 0 Å². The van der Waals surface area contributed by atoms with Crippen LogP contribution in [0.3, 0.4) is 0 Å². The number of hydrogen-bond donors (Lipinski definition) is 0. The zero-order valence-corrected chi connectivity index (χ0v) is 12.4. The van der Waals surface area contributed by atoms with E-state index < -0.39 is 11.7 Å². The van der Waals surface area contributed by atoms with E-state index in [1.807, 2.05) is 6.07 Å². The van der Waals surface area contributed by atoms with Crippen LogP contribution < -0.4 is 0 Å². The monoisotopic (exact) mass is 284 g/mol. The third kappa shape index (κ3) is 3.36. The Morgan fingerprint density at radius 3 is 2.45 bits per heavy atom. The summed E-state index contributed by atoms with van der Waals surface area (Å²) in [6.45, 7) is 6.57. The SMILES string of the molecule is CC(C)[C@@H]1CC[C@@H](C)C[C@H]1c1cccc(C(F)(F)F)c1. The van der Waals surface area contributed by atoms with Gasteiger partial charge in [0.05, 0.1) is 5.56 Å². The normalized spacial score (nSPS) is 27.9. The molecule has 0 aliphatic heterocycles. The molecule has 0 unspecified atom stereocenters. The highest BCUT2D eigenvalue weighted by Crippen LogP contribution is 2.44. The topological polar surface area (TPSA) is 0 Å². The Bertz CT molecular complexity index is 448. The average Bonchev–Trinajstić information content (AvgIpc) is 2.37. The van der Waals surface area contributed by atoms with E-state index in [1.54, 1.807) is 6.07 Å².